The summed E-state index contributed by atoms with van der Waals surface area (Å²) in [7, 11) is 4.40. The van der Waals surface area contributed by atoms with Gasteiger partial charge in [-0.25, -0.2) is 15.0 Å². The summed E-state index contributed by atoms with van der Waals surface area (Å²) in [5.74, 6) is -2.91. The first-order valence-corrected chi connectivity index (χ1v) is 36.3. The highest BCUT2D eigenvalue weighted by Gasteiger charge is 2.25. The maximum absolute atomic E-state index is 13.5. The third kappa shape index (κ3) is 51.7. The van der Waals surface area contributed by atoms with Gasteiger partial charge in [0.1, 0.15) is 20.2 Å². The topological polar surface area (TPSA) is 182 Å². The molecule has 0 aliphatic rings. The normalized spacial score (nSPS) is 12.1. The first-order valence-electron chi connectivity index (χ1n) is 36.3. The molecule has 87 heavy (non-hydrogen) atoms. The molecule has 15 heteroatoms. The molecule has 0 aromatic carbocycles. The molecule has 0 unspecified atom stereocenters. The van der Waals surface area contributed by atoms with Crippen molar-refractivity contribution in [1.82, 2.24) is 15.0 Å². The molecule has 0 amide bonds. The first kappa shape index (κ1) is 81.3. The first-order chi connectivity index (χ1) is 42.8. The average molecular weight is 1230 g/mol. The van der Waals surface area contributed by atoms with Gasteiger partial charge >= 0.3 is 17.9 Å². The number of hydrogen-bond donors (Lipinski definition) is 0. The lowest BCUT2D eigenvalue weighted by molar-refractivity contribution is -0.136. The van der Waals surface area contributed by atoms with E-state index in [1.54, 1.807) is 0 Å². The minimum Gasteiger partial charge on any atom is -0.404 e. The molecule has 504 valence electrons. The Morgan fingerprint density at radius 3 is 0.552 bits per heavy atom. The summed E-state index contributed by atoms with van der Waals surface area (Å²) in [6, 6.07) is 0. The van der Waals surface area contributed by atoms with Gasteiger partial charge in [-0.05, 0) is 19.3 Å². The Morgan fingerprint density at radius 1 is 0.253 bits per heavy atom. The van der Waals surface area contributed by atoms with E-state index in [4.69, 9.17) is 28.4 Å². The van der Waals surface area contributed by atoms with Crippen molar-refractivity contribution in [3.63, 3.8) is 0 Å². The number of carbonyl (C=O) groups is 3. The van der Waals surface area contributed by atoms with Crippen molar-refractivity contribution in [2.75, 3.05) is 41.5 Å². The van der Waals surface area contributed by atoms with Crippen molar-refractivity contribution >= 4 is 35.6 Å². The summed E-state index contributed by atoms with van der Waals surface area (Å²) < 4.78 is 33.5. The van der Waals surface area contributed by atoms with Crippen LogP contribution in [0.3, 0.4) is 0 Å². The maximum Gasteiger partial charge on any atom is 0.312 e. The van der Waals surface area contributed by atoms with Crippen LogP contribution in [0.5, 0.6) is 0 Å². The smallest absolute Gasteiger partial charge is 0.312 e. The number of methoxy groups -OCH3 is 3. The predicted octanol–water partition coefficient (Wildman–Crippen LogP) is 20.7. The van der Waals surface area contributed by atoms with Crippen molar-refractivity contribution in [3.8, 4) is 0 Å². The average Bonchev–Trinajstić information content (AvgIpc) is 1.51. The molecule has 0 spiro atoms. The van der Waals surface area contributed by atoms with E-state index < -0.39 is 17.9 Å². The van der Waals surface area contributed by atoms with Crippen molar-refractivity contribution in [1.29, 1.82) is 0 Å². The van der Waals surface area contributed by atoms with Crippen LogP contribution in [0.15, 0.2) is 15.0 Å². The van der Waals surface area contributed by atoms with E-state index in [1.807, 2.05) is 0 Å². The predicted molar refractivity (Wildman–Crippen MR) is 360 cm³/mol. The van der Waals surface area contributed by atoms with Crippen LogP contribution in [-0.4, -0.2) is 92.1 Å². The molecule has 1 heterocycles. The van der Waals surface area contributed by atoms with Crippen LogP contribution in [0.2, 0.25) is 0 Å². The number of aromatic nitrogens is 3. The van der Waals surface area contributed by atoms with Crippen LogP contribution in [0.4, 0.5) is 0 Å². The number of nitrogens with zero attached hydrogens (tertiary/aromatic N) is 6. The van der Waals surface area contributed by atoms with E-state index in [9.17, 15) is 14.4 Å². The number of rotatable bonds is 63. The van der Waals surface area contributed by atoms with Gasteiger partial charge in [0.2, 0.25) is 17.5 Å². The molecule has 0 fully saturated rings. The summed E-state index contributed by atoms with van der Waals surface area (Å²) in [4.78, 5) is 67.6. The highest BCUT2D eigenvalue weighted by atomic mass is 16.6. The van der Waals surface area contributed by atoms with E-state index in [2.05, 4.69) is 50.7 Å². The third-order valence-electron chi connectivity index (χ3n) is 16.3. The molecule has 0 atom stereocenters. The molecule has 0 bridgehead atoms. The summed E-state index contributed by atoms with van der Waals surface area (Å²) in [5.41, 5.74) is 0. The van der Waals surface area contributed by atoms with Gasteiger partial charge in [-0.1, -0.05) is 329 Å². The summed E-state index contributed by atoms with van der Waals surface area (Å²) in [6.45, 7) is 6.26. The van der Waals surface area contributed by atoms with Crippen molar-refractivity contribution in [2.45, 2.75) is 367 Å². The molecule has 0 radical (unpaired) electrons. The van der Waals surface area contributed by atoms with Crippen molar-refractivity contribution in [3.05, 3.63) is 17.5 Å². The number of ether oxygens (including phenoxy) is 6. The summed E-state index contributed by atoms with van der Waals surface area (Å²) in [5, 5.41) is 0. The Morgan fingerprint density at radius 2 is 0.402 bits per heavy atom. The lowest BCUT2D eigenvalue weighted by Gasteiger charge is -2.13. The molecule has 0 saturated carbocycles. The number of hydrogen-bond acceptors (Lipinski definition) is 15. The number of aliphatic imine (C=N–C) groups is 3. The molecule has 0 saturated heterocycles. The third-order valence-corrected chi connectivity index (χ3v) is 16.3. The quantitative estimate of drug-likeness (QED) is 0.0198. The van der Waals surface area contributed by atoms with E-state index in [0.717, 1.165) is 57.8 Å². The largest absolute Gasteiger partial charge is 0.404 e. The van der Waals surface area contributed by atoms with Crippen LogP contribution < -0.4 is 0 Å². The highest BCUT2D eigenvalue weighted by Crippen LogP contribution is 2.19. The second-order valence-corrected chi connectivity index (χ2v) is 24.6. The fourth-order valence-corrected chi connectivity index (χ4v) is 10.9. The zero-order valence-corrected chi connectivity index (χ0v) is 57.2. The number of esters is 3. The molecular weight excluding hydrogens is 1090 g/mol. The number of unbranched alkanes of at least 4 members (excludes halogenated alkanes) is 48. The Labute approximate surface area is 532 Å². The molecule has 1 rings (SSSR count). The zero-order chi connectivity index (χ0) is 63.0. The Balaban J connectivity index is 3.00. The van der Waals surface area contributed by atoms with Gasteiger partial charge in [0, 0.05) is 40.6 Å². The van der Waals surface area contributed by atoms with Crippen molar-refractivity contribution in [2.24, 2.45) is 15.0 Å². The molecule has 1 aromatic heterocycles. The molecular formula is C72H132N6O9. The van der Waals surface area contributed by atoms with E-state index in [-0.39, 0.29) is 74.6 Å². The minimum absolute atomic E-state index is 0.157. The standard InChI is InChI=1S/C72H132N6O9/c1-7-10-13-16-19-22-25-28-31-34-37-40-43-46-49-52-55-58-64(79)85-70(73-61-82-4)67-76-68(71(74-62-83-5)86-65(80)59-56-53-50-47-44-41-38-35-32-29-26-23-20-17-14-11-8-2)78-69(77-67)72(75-63-84-6)87-66(81)60-57-54-51-48-45-42-39-36-33-30-27-24-21-18-15-12-9-3/h7-63H2,1-6H3/b73-70-,74-71-,75-72-. The van der Waals surface area contributed by atoms with Crippen LogP contribution in [0.1, 0.15) is 385 Å². The van der Waals surface area contributed by atoms with Gasteiger partial charge in [-0.3, -0.25) is 14.4 Å². The molecule has 0 aliphatic carbocycles. The molecule has 1 aromatic rings. The zero-order valence-electron chi connectivity index (χ0n) is 57.2. The van der Waals surface area contributed by atoms with E-state index in [0.29, 0.717) is 19.3 Å². The lowest BCUT2D eigenvalue weighted by Crippen LogP contribution is -2.26. The van der Waals surface area contributed by atoms with Crippen LogP contribution in [-0.2, 0) is 42.8 Å². The Hall–Kier alpha value is -3.69. The molecule has 0 N–H and O–H groups in total. The van der Waals surface area contributed by atoms with Gasteiger partial charge < -0.3 is 28.4 Å². The van der Waals surface area contributed by atoms with Gasteiger partial charge in [0.25, 0.3) is 17.7 Å². The minimum atomic E-state index is -0.517. The lowest BCUT2D eigenvalue weighted by atomic mass is 10.0. The fourth-order valence-electron chi connectivity index (χ4n) is 10.9. The van der Waals surface area contributed by atoms with Crippen LogP contribution in [0.25, 0.3) is 0 Å². The Bertz CT molecular complexity index is 1630. The highest BCUT2D eigenvalue weighted by molar-refractivity contribution is 6.03. The molecule has 0 aliphatic heterocycles. The van der Waals surface area contributed by atoms with Crippen LogP contribution >= 0.6 is 0 Å². The summed E-state index contributed by atoms with van der Waals surface area (Å²) >= 11 is 0. The van der Waals surface area contributed by atoms with E-state index in [1.165, 1.54) is 272 Å². The molecule has 15 nitrogen and oxygen atoms in total. The van der Waals surface area contributed by atoms with E-state index >= 15 is 0 Å². The van der Waals surface area contributed by atoms with Crippen molar-refractivity contribution < 1.29 is 42.8 Å². The second kappa shape index (κ2) is 63.9. The fraction of sp³-hybridized carbons (Fsp3) is 0.875. The SMILES string of the molecule is CCCCCCCCCCCCCCCCCCCC(=O)O/C(=N\COC)c1nc(/C(=N/COC)OC(=O)CCCCCCCCCCCCCCCCCCC)nc(/C(=N/COC)OC(=O)CCCCCCCCCCCCCCCCCCC)n1. The number of carbonyl (C=O) groups excluding carboxylic acids is 3. The second-order valence-electron chi connectivity index (χ2n) is 24.6. The maximum atomic E-state index is 13.5. The van der Waals surface area contributed by atoms with Gasteiger partial charge in [-0.2, -0.15) is 15.0 Å². The van der Waals surface area contributed by atoms with Gasteiger partial charge in [0.05, 0.1) is 0 Å². The van der Waals surface area contributed by atoms with Crippen LogP contribution in [0, 0.1) is 0 Å². The Kier molecular flexibility index (Phi) is 59.7. The van der Waals surface area contributed by atoms with Gasteiger partial charge in [-0.15, -0.1) is 0 Å². The monoisotopic (exact) mass is 1230 g/mol. The summed E-state index contributed by atoms with van der Waals surface area (Å²) in [6.07, 6.45) is 63.7. The van der Waals surface area contributed by atoms with Gasteiger partial charge in [0.15, 0.2) is 0 Å².